The van der Waals surface area contributed by atoms with Gasteiger partial charge >= 0.3 is 6.09 Å². The highest BCUT2D eigenvalue weighted by Crippen LogP contribution is 2.44. The Labute approximate surface area is 192 Å². The van der Waals surface area contributed by atoms with Crippen molar-refractivity contribution >= 4 is 11.8 Å². The van der Waals surface area contributed by atoms with Crippen LogP contribution < -0.4 is 9.64 Å². The maximum Gasteiger partial charge on any atom is 0.414 e. The quantitative estimate of drug-likeness (QED) is 0.537. The van der Waals surface area contributed by atoms with E-state index in [-0.39, 0.29) is 29.9 Å². The number of methoxy groups -OCH3 is 1. The highest BCUT2D eigenvalue weighted by Gasteiger charge is 2.44. The van der Waals surface area contributed by atoms with Gasteiger partial charge in [-0.25, -0.2) is 4.79 Å². The molecule has 3 rings (SSSR count). The zero-order valence-corrected chi connectivity index (χ0v) is 21.0. The molecule has 1 aromatic carbocycles. The minimum absolute atomic E-state index is 0.0425. The topological polar surface area (TPSA) is 60.5 Å². The molecule has 1 fully saturated rings. The van der Waals surface area contributed by atoms with Crippen LogP contribution in [0.5, 0.6) is 5.75 Å². The molecule has 0 N–H and O–H groups in total. The predicted molar refractivity (Wildman–Crippen MR) is 125 cm³/mol. The summed E-state index contributed by atoms with van der Waals surface area (Å²) in [6.45, 7) is 15.6. The smallest absolute Gasteiger partial charge is 0.414 e. The number of piperidine rings is 1. The van der Waals surface area contributed by atoms with Gasteiger partial charge in [-0.05, 0) is 79.9 Å². The Kier molecular flexibility index (Phi) is 7.13. The maximum absolute atomic E-state index is 13.0. The summed E-state index contributed by atoms with van der Waals surface area (Å²) in [5.74, 6) is 0.667. The summed E-state index contributed by atoms with van der Waals surface area (Å²) in [4.78, 5) is 21.2. The van der Waals surface area contributed by atoms with Crippen LogP contribution in [0, 0.1) is 0 Å². The molecule has 1 saturated heterocycles. The fraction of sp³-hybridized carbons (Fsp3) is 0.720. The molecular formula is C25H40N2O5. The Morgan fingerprint density at radius 2 is 1.78 bits per heavy atom. The first kappa shape index (κ1) is 24.8. The number of anilines is 1. The number of hydroxylamine groups is 2. The summed E-state index contributed by atoms with van der Waals surface area (Å²) in [6.07, 6.45) is 3.00. The van der Waals surface area contributed by atoms with Crippen LogP contribution >= 0.6 is 0 Å². The van der Waals surface area contributed by atoms with Gasteiger partial charge in [-0.1, -0.05) is 6.07 Å². The molecule has 0 aliphatic carbocycles. The largest absolute Gasteiger partial charge is 0.467 e. The summed E-state index contributed by atoms with van der Waals surface area (Å²) in [6, 6.07) is 5.74. The van der Waals surface area contributed by atoms with E-state index in [1.807, 2.05) is 39.0 Å². The molecule has 2 heterocycles. The van der Waals surface area contributed by atoms with E-state index in [4.69, 9.17) is 19.0 Å². The molecule has 1 aromatic rings. The third kappa shape index (κ3) is 5.38. The Bertz CT molecular complexity index is 799. The molecule has 0 spiro atoms. The van der Waals surface area contributed by atoms with E-state index in [1.165, 1.54) is 6.42 Å². The van der Waals surface area contributed by atoms with Crippen LogP contribution in [0.4, 0.5) is 10.5 Å². The molecule has 2 aliphatic heterocycles. The number of amides is 1. The molecule has 180 valence electrons. The molecule has 0 aromatic heterocycles. The molecule has 0 saturated carbocycles. The second-order valence-corrected chi connectivity index (χ2v) is 11.1. The number of rotatable bonds is 6. The van der Waals surface area contributed by atoms with E-state index in [9.17, 15) is 4.79 Å². The van der Waals surface area contributed by atoms with Gasteiger partial charge < -0.3 is 14.2 Å². The second-order valence-electron chi connectivity index (χ2n) is 11.1. The van der Waals surface area contributed by atoms with Crippen LogP contribution in [-0.2, 0) is 14.3 Å². The van der Waals surface area contributed by atoms with Crippen molar-refractivity contribution in [3.05, 3.63) is 23.8 Å². The van der Waals surface area contributed by atoms with Crippen molar-refractivity contribution in [3.63, 3.8) is 0 Å². The SMILES string of the molecule is COCOc1cccc2c1C(CON1C(C)(C)CCCC1(C)C)CN2C(=O)OC(C)(C)C. The van der Waals surface area contributed by atoms with Crippen LogP contribution in [-0.4, -0.2) is 54.9 Å². The number of carbonyl (C=O) groups excluding carboxylic acids is 1. The second kappa shape index (κ2) is 9.20. The lowest BCUT2D eigenvalue weighted by Gasteiger charge is -2.51. The summed E-state index contributed by atoms with van der Waals surface area (Å²) in [7, 11) is 1.59. The predicted octanol–water partition coefficient (Wildman–Crippen LogP) is 5.48. The van der Waals surface area contributed by atoms with Gasteiger partial charge in [0.05, 0.1) is 12.3 Å². The van der Waals surface area contributed by atoms with Crippen molar-refractivity contribution in [2.75, 3.05) is 32.0 Å². The fourth-order valence-corrected chi connectivity index (χ4v) is 4.95. The standard InChI is InChI=1S/C25H40N2O5/c1-23(2,3)32-22(28)26-15-18(21-19(26)11-9-12-20(21)30-17-29-8)16-31-27-24(4,5)13-10-14-25(27,6)7/h9,11-12,18H,10,13-17H2,1-8H3. The Morgan fingerprint density at radius 3 is 2.38 bits per heavy atom. The highest BCUT2D eigenvalue weighted by molar-refractivity contribution is 5.92. The van der Waals surface area contributed by atoms with E-state index in [2.05, 4.69) is 32.8 Å². The first-order valence-electron chi connectivity index (χ1n) is 11.5. The van der Waals surface area contributed by atoms with Gasteiger partial charge in [-0.15, -0.1) is 0 Å². The minimum atomic E-state index is -0.572. The molecule has 0 radical (unpaired) electrons. The lowest BCUT2D eigenvalue weighted by Crippen LogP contribution is -2.58. The zero-order chi connectivity index (χ0) is 23.7. The molecule has 32 heavy (non-hydrogen) atoms. The molecule has 7 nitrogen and oxygen atoms in total. The lowest BCUT2D eigenvalue weighted by molar-refractivity contribution is -0.282. The van der Waals surface area contributed by atoms with Gasteiger partial charge in [0.2, 0.25) is 0 Å². The Morgan fingerprint density at radius 1 is 1.12 bits per heavy atom. The number of hydrogen-bond acceptors (Lipinski definition) is 6. The molecule has 0 bridgehead atoms. The number of carbonyl (C=O) groups is 1. The number of fused-ring (bicyclic) bond motifs is 1. The van der Waals surface area contributed by atoms with Gasteiger partial charge in [0, 0.05) is 36.2 Å². The minimum Gasteiger partial charge on any atom is -0.467 e. The average molecular weight is 449 g/mol. The zero-order valence-electron chi connectivity index (χ0n) is 21.0. The van der Waals surface area contributed by atoms with Crippen LogP contribution in [0.1, 0.15) is 79.2 Å². The van der Waals surface area contributed by atoms with Crippen molar-refractivity contribution in [2.24, 2.45) is 0 Å². The Balaban J connectivity index is 1.87. The summed E-state index contributed by atoms with van der Waals surface area (Å²) in [5, 5.41) is 2.16. The average Bonchev–Trinajstić information content (AvgIpc) is 3.03. The molecule has 7 heteroatoms. The molecule has 1 amide bonds. The number of benzene rings is 1. The van der Waals surface area contributed by atoms with Crippen LogP contribution in [0.3, 0.4) is 0 Å². The molecule has 2 aliphatic rings. The van der Waals surface area contributed by atoms with Crippen molar-refractivity contribution in [1.82, 2.24) is 5.06 Å². The van der Waals surface area contributed by atoms with E-state index < -0.39 is 5.60 Å². The van der Waals surface area contributed by atoms with Gasteiger partial charge in [0.1, 0.15) is 11.4 Å². The summed E-state index contributed by atoms with van der Waals surface area (Å²) in [5.41, 5.74) is 1.08. The van der Waals surface area contributed by atoms with E-state index in [1.54, 1.807) is 12.0 Å². The molecule has 1 unspecified atom stereocenters. The van der Waals surface area contributed by atoms with Gasteiger partial charge in [-0.2, -0.15) is 5.06 Å². The third-order valence-electron chi connectivity index (χ3n) is 6.17. The third-order valence-corrected chi connectivity index (χ3v) is 6.17. The van der Waals surface area contributed by atoms with Crippen LogP contribution in [0.15, 0.2) is 18.2 Å². The molecule has 1 atom stereocenters. The monoisotopic (exact) mass is 448 g/mol. The number of hydrogen-bond donors (Lipinski definition) is 0. The van der Waals surface area contributed by atoms with Gasteiger partial charge in [-0.3, -0.25) is 9.74 Å². The van der Waals surface area contributed by atoms with Crippen molar-refractivity contribution in [1.29, 1.82) is 0 Å². The van der Waals surface area contributed by atoms with Crippen molar-refractivity contribution < 1.29 is 23.8 Å². The number of ether oxygens (including phenoxy) is 3. The van der Waals surface area contributed by atoms with Gasteiger partial charge in [0.15, 0.2) is 6.79 Å². The van der Waals surface area contributed by atoms with Crippen LogP contribution in [0.25, 0.3) is 0 Å². The normalized spacial score (nSPS) is 22.5. The van der Waals surface area contributed by atoms with E-state index in [0.29, 0.717) is 18.9 Å². The van der Waals surface area contributed by atoms with Crippen molar-refractivity contribution in [2.45, 2.75) is 90.3 Å². The summed E-state index contributed by atoms with van der Waals surface area (Å²) >= 11 is 0. The van der Waals surface area contributed by atoms with Crippen LogP contribution in [0.2, 0.25) is 0 Å². The number of nitrogens with zero attached hydrogens (tertiary/aromatic N) is 2. The highest BCUT2D eigenvalue weighted by atomic mass is 16.7. The summed E-state index contributed by atoms with van der Waals surface area (Å²) < 4.78 is 16.7. The van der Waals surface area contributed by atoms with E-state index in [0.717, 1.165) is 24.1 Å². The van der Waals surface area contributed by atoms with E-state index >= 15 is 0 Å². The van der Waals surface area contributed by atoms with Crippen molar-refractivity contribution in [3.8, 4) is 5.75 Å². The fourth-order valence-electron chi connectivity index (χ4n) is 4.95. The lowest BCUT2D eigenvalue weighted by atomic mass is 9.82. The first-order chi connectivity index (χ1) is 14.9. The van der Waals surface area contributed by atoms with Gasteiger partial charge in [0.25, 0.3) is 0 Å². The Hall–Kier alpha value is -1.83. The first-order valence-corrected chi connectivity index (χ1v) is 11.5. The molecular weight excluding hydrogens is 408 g/mol. The maximum atomic E-state index is 13.0.